The van der Waals surface area contributed by atoms with Crippen molar-refractivity contribution in [1.29, 1.82) is 0 Å². The first-order valence-electron chi connectivity index (χ1n) is 4.81. The third-order valence-electron chi connectivity index (χ3n) is 1.84. The minimum atomic E-state index is -5.84. The van der Waals surface area contributed by atoms with E-state index >= 15 is 0 Å². The Labute approximate surface area is 109 Å². The first-order chi connectivity index (χ1) is 8.13. The summed E-state index contributed by atoms with van der Waals surface area (Å²) in [5.41, 5.74) is -5.53. The van der Waals surface area contributed by atoms with Crippen molar-refractivity contribution in [1.82, 2.24) is 0 Å². The van der Waals surface area contributed by atoms with Crippen molar-refractivity contribution in [2.45, 2.75) is 18.7 Å². The van der Waals surface area contributed by atoms with Crippen LogP contribution in [0, 0.1) is 0 Å². The molecule has 0 aromatic rings. The smallest absolute Gasteiger partial charge is 0.410 e. The highest BCUT2D eigenvalue weighted by atomic mass is 32.2. The molecule has 0 saturated heterocycles. The average Bonchev–Trinajstić information content (AvgIpc) is 2.13. The van der Waals surface area contributed by atoms with Gasteiger partial charge in [0.25, 0.3) is 0 Å². The van der Waals surface area contributed by atoms with E-state index in [1.807, 2.05) is 28.1 Å². The van der Waals surface area contributed by atoms with E-state index in [1.165, 1.54) is 6.08 Å². The van der Waals surface area contributed by atoms with Gasteiger partial charge in [-0.3, -0.25) is 9.04 Å². The molecule has 1 N–H and O–H groups in total. The van der Waals surface area contributed by atoms with Crippen LogP contribution in [0.4, 0.5) is 13.2 Å². The molecule has 0 amide bonds. The van der Waals surface area contributed by atoms with Gasteiger partial charge < -0.3 is 4.74 Å². The highest BCUT2D eigenvalue weighted by molar-refractivity contribution is 7.86. The van der Waals surface area contributed by atoms with Gasteiger partial charge in [-0.1, -0.05) is 6.58 Å². The Bertz CT molecular complexity index is 411. The van der Waals surface area contributed by atoms with Crippen molar-refractivity contribution < 1.29 is 40.2 Å². The van der Waals surface area contributed by atoms with Gasteiger partial charge in [-0.25, -0.2) is 4.79 Å². The van der Waals surface area contributed by atoms with Crippen LogP contribution in [0.3, 0.4) is 0 Å². The van der Waals surface area contributed by atoms with Crippen LogP contribution >= 0.6 is 0 Å². The number of nitrogens with zero attached hydrogens (tertiary/aromatic N) is 1. The number of carbonyl (C=O) groups is 1. The molecule has 0 rings (SSSR count). The molecule has 0 fully saturated rings. The zero-order valence-corrected chi connectivity index (χ0v) is 11.7. The van der Waals surface area contributed by atoms with Crippen molar-refractivity contribution in [2.75, 3.05) is 21.1 Å². The lowest BCUT2D eigenvalue weighted by atomic mass is 10.5. The molecule has 0 aliphatic carbocycles. The van der Waals surface area contributed by atoms with Gasteiger partial charge in [0.2, 0.25) is 6.23 Å². The topological polar surface area (TPSA) is 80.7 Å². The van der Waals surface area contributed by atoms with Crippen molar-refractivity contribution in [3.63, 3.8) is 0 Å². The molecule has 1 atom stereocenters. The fourth-order valence-electron chi connectivity index (χ4n) is 0.374. The van der Waals surface area contributed by atoms with E-state index < -0.39 is 15.6 Å². The molecule has 0 aliphatic heterocycles. The Morgan fingerprint density at radius 3 is 1.84 bits per heavy atom. The third-order valence-corrected chi connectivity index (χ3v) is 2.42. The molecule has 0 spiro atoms. The van der Waals surface area contributed by atoms with Gasteiger partial charge >= 0.3 is 21.6 Å². The van der Waals surface area contributed by atoms with Crippen LogP contribution in [0.5, 0.6) is 0 Å². The number of ether oxygens (including phenoxy) is 1. The number of esters is 1. The highest BCUT2D eigenvalue weighted by Gasteiger charge is 2.44. The second kappa shape index (κ2) is 6.87. The third kappa shape index (κ3) is 9.45. The summed E-state index contributed by atoms with van der Waals surface area (Å²) in [6.45, 7) is 5.16. The van der Waals surface area contributed by atoms with E-state index in [1.54, 1.807) is 0 Å². The number of rotatable bonds is 3. The van der Waals surface area contributed by atoms with Gasteiger partial charge in [0, 0.05) is 13.0 Å². The summed E-state index contributed by atoms with van der Waals surface area (Å²) < 4.78 is 63.1. The lowest BCUT2D eigenvalue weighted by molar-refractivity contribution is -0.914. The summed E-state index contributed by atoms with van der Waals surface area (Å²) in [6.07, 6.45) is 1.03. The second-order valence-electron chi connectivity index (χ2n) is 4.28. The predicted molar refractivity (Wildman–Crippen MR) is 61.4 cm³/mol. The molecule has 0 saturated carbocycles. The number of hydrogen-bond donors (Lipinski definition) is 1. The normalized spacial score (nSPS) is 13.9. The summed E-state index contributed by atoms with van der Waals surface area (Å²) in [5.74, 6) is -0.370. The van der Waals surface area contributed by atoms with Gasteiger partial charge in [0.05, 0.1) is 21.1 Å². The summed E-state index contributed by atoms with van der Waals surface area (Å²) in [5, 5.41) is 0. The van der Waals surface area contributed by atoms with E-state index in [2.05, 4.69) is 6.58 Å². The van der Waals surface area contributed by atoms with Crippen LogP contribution in [0.1, 0.15) is 6.92 Å². The van der Waals surface area contributed by atoms with Crippen molar-refractivity contribution >= 4 is 16.1 Å². The van der Waals surface area contributed by atoms with Gasteiger partial charge in [0.15, 0.2) is 0 Å². The Balaban J connectivity index is 0. The Hall–Kier alpha value is -1.13. The van der Waals surface area contributed by atoms with E-state index in [-0.39, 0.29) is 12.2 Å². The summed E-state index contributed by atoms with van der Waals surface area (Å²) in [6, 6.07) is 0. The largest absolute Gasteiger partial charge is 0.522 e. The van der Waals surface area contributed by atoms with Crippen LogP contribution < -0.4 is 0 Å². The fourth-order valence-corrected chi connectivity index (χ4v) is 0.374. The minimum absolute atomic E-state index is 0.138. The van der Waals surface area contributed by atoms with Crippen molar-refractivity contribution in [3.8, 4) is 0 Å². The van der Waals surface area contributed by atoms with Gasteiger partial charge in [-0.05, 0) is 0 Å². The average molecular weight is 308 g/mol. The van der Waals surface area contributed by atoms with Crippen molar-refractivity contribution in [2.24, 2.45) is 0 Å². The summed E-state index contributed by atoms with van der Waals surface area (Å²) >= 11 is 0. The number of hydrogen-bond acceptors (Lipinski definition) is 4. The summed E-state index contributed by atoms with van der Waals surface area (Å²) in [7, 11) is 0.0378. The molecule has 114 valence electrons. The number of quaternary nitrogens is 1. The van der Waals surface area contributed by atoms with Gasteiger partial charge in [0.1, 0.15) is 0 Å². The van der Waals surface area contributed by atoms with Crippen LogP contribution in [0.25, 0.3) is 0 Å². The Morgan fingerprint density at radius 1 is 1.37 bits per heavy atom. The van der Waals surface area contributed by atoms with Gasteiger partial charge in [-0.2, -0.15) is 21.6 Å². The SMILES string of the molecule is C=CC(=O)OC(C)[N+](C)(C)C.O=S(=O)(O)C(F)(F)F. The molecule has 19 heavy (non-hydrogen) atoms. The van der Waals surface area contributed by atoms with Crippen LogP contribution in [0.2, 0.25) is 0 Å². The van der Waals surface area contributed by atoms with E-state index in [0.29, 0.717) is 4.48 Å². The maximum absolute atomic E-state index is 10.7. The molecular weight excluding hydrogens is 291 g/mol. The zero-order chi connectivity index (χ0) is 16.1. The predicted octanol–water partition coefficient (Wildman–Crippen LogP) is 1.16. The Kier molecular flexibility index (Phi) is 7.30. The fraction of sp³-hybridized carbons (Fsp3) is 0.667. The molecule has 0 heterocycles. The first-order valence-corrected chi connectivity index (χ1v) is 6.25. The molecule has 1 unspecified atom stereocenters. The number of alkyl halides is 3. The molecule has 0 aliphatic rings. The summed E-state index contributed by atoms with van der Waals surface area (Å²) in [4.78, 5) is 10.7. The maximum Gasteiger partial charge on any atom is 0.522 e. The molecule has 0 aromatic heterocycles. The molecule has 0 radical (unpaired) electrons. The lowest BCUT2D eigenvalue weighted by Crippen LogP contribution is -2.45. The number of carbonyl (C=O) groups excluding carboxylic acids is 1. The number of halogens is 3. The lowest BCUT2D eigenvalue weighted by Gasteiger charge is -2.29. The highest BCUT2D eigenvalue weighted by Crippen LogP contribution is 2.20. The molecule has 6 nitrogen and oxygen atoms in total. The maximum atomic E-state index is 10.7. The van der Waals surface area contributed by atoms with Crippen molar-refractivity contribution in [3.05, 3.63) is 12.7 Å². The van der Waals surface area contributed by atoms with Gasteiger partial charge in [-0.15, -0.1) is 0 Å². The molecule has 0 aromatic carbocycles. The van der Waals surface area contributed by atoms with Crippen LogP contribution in [-0.4, -0.2) is 56.3 Å². The Morgan fingerprint density at radius 2 is 1.68 bits per heavy atom. The van der Waals surface area contributed by atoms with Crippen LogP contribution in [-0.2, 0) is 19.6 Å². The molecule has 10 heteroatoms. The molecular formula is C9H17F3NO5S+. The quantitative estimate of drug-likeness (QED) is 0.211. The monoisotopic (exact) mass is 308 g/mol. The van der Waals surface area contributed by atoms with Crippen LogP contribution in [0.15, 0.2) is 12.7 Å². The van der Waals surface area contributed by atoms with E-state index in [0.717, 1.165) is 0 Å². The van der Waals surface area contributed by atoms with E-state index in [4.69, 9.17) is 17.7 Å². The first kappa shape index (κ1) is 20.2. The van der Waals surface area contributed by atoms with E-state index in [9.17, 15) is 18.0 Å². The molecule has 0 bridgehead atoms. The minimum Gasteiger partial charge on any atom is -0.410 e. The standard InChI is InChI=1S/C8H16NO2.CHF3O3S/c1-6-8(10)11-7(2)9(3,4)5;2-1(3,4)8(5,6)7/h6-7H,1H2,2-5H3;(H,5,6,7)/q+1;. The zero-order valence-electron chi connectivity index (χ0n) is 10.9. The second-order valence-corrected chi connectivity index (χ2v) is 5.69.